The molecule has 1 aliphatic heterocycles. The van der Waals surface area contributed by atoms with E-state index in [4.69, 9.17) is 16.7 Å². The molecule has 1 aromatic carbocycles. The second-order valence-electron chi connectivity index (χ2n) is 4.05. The summed E-state index contributed by atoms with van der Waals surface area (Å²) in [4.78, 5) is 22.1. The first-order chi connectivity index (χ1) is 9.94. The van der Waals surface area contributed by atoms with Crippen LogP contribution >= 0.6 is 46.0 Å². The van der Waals surface area contributed by atoms with E-state index in [9.17, 15) is 9.59 Å². The number of benzene rings is 1. The van der Waals surface area contributed by atoms with Crippen molar-refractivity contribution in [1.29, 1.82) is 0 Å². The molecule has 1 saturated heterocycles. The molecule has 1 aliphatic rings. The zero-order chi connectivity index (χ0) is 15.4. The number of carboxylic acids is 1. The zero-order valence-corrected chi connectivity index (χ0v) is 14.1. The number of rotatable bonds is 4. The Hall–Kier alpha value is -1.13. The third-order valence-electron chi connectivity index (χ3n) is 2.38. The third kappa shape index (κ3) is 4.97. The second kappa shape index (κ2) is 7.23. The highest BCUT2D eigenvalue weighted by atomic mass is 127. The molecule has 1 unspecified atom stereocenters. The van der Waals surface area contributed by atoms with E-state index < -0.39 is 11.2 Å². The van der Waals surface area contributed by atoms with Gasteiger partial charge in [0.05, 0.1) is 12.6 Å². The zero-order valence-electron chi connectivity index (χ0n) is 10.4. The van der Waals surface area contributed by atoms with Crippen LogP contribution in [0.4, 0.5) is 0 Å². The quantitative estimate of drug-likeness (QED) is 0.430. The number of hydrogen-bond acceptors (Lipinski definition) is 5. The van der Waals surface area contributed by atoms with Gasteiger partial charge in [0.2, 0.25) is 5.91 Å². The highest BCUT2D eigenvalue weighted by Crippen LogP contribution is 2.22. The summed E-state index contributed by atoms with van der Waals surface area (Å²) >= 11 is 9.12. The van der Waals surface area contributed by atoms with Crippen LogP contribution in [0.2, 0.25) is 5.02 Å². The summed E-state index contributed by atoms with van der Waals surface area (Å²) in [6.07, 6.45) is 1.27. The maximum Gasteiger partial charge on any atom is 0.305 e. The van der Waals surface area contributed by atoms with Gasteiger partial charge in [-0.1, -0.05) is 23.4 Å². The maximum atomic E-state index is 11.5. The Morgan fingerprint density at radius 3 is 2.95 bits per heavy atom. The second-order valence-corrected chi connectivity index (χ2v) is 6.92. The fourth-order valence-electron chi connectivity index (χ4n) is 1.54. The van der Waals surface area contributed by atoms with Crippen molar-refractivity contribution in [3.8, 4) is 0 Å². The maximum absolute atomic E-state index is 11.5. The molecule has 1 amide bonds. The summed E-state index contributed by atoms with van der Waals surface area (Å²) in [7, 11) is 0. The number of thioether (sulfide) groups is 1. The van der Waals surface area contributed by atoms with Crippen molar-refractivity contribution in [2.45, 2.75) is 11.7 Å². The number of nitrogens with one attached hydrogen (secondary N) is 1. The summed E-state index contributed by atoms with van der Waals surface area (Å²) in [5, 5.41) is 19.1. The molecule has 0 bridgehead atoms. The van der Waals surface area contributed by atoms with Gasteiger partial charge in [-0.05, 0) is 46.4 Å². The lowest BCUT2D eigenvalue weighted by Crippen LogP contribution is -2.26. The average molecular weight is 438 g/mol. The van der Waals surface area contributed by atoms with Crippen LogP contribution in [-0.4, -0.2) is 33.6 Å². The Kier molecular flexibility index (Phi) is 5.59. The van der Waals surface area contributed by atoms with E-state index in [0.29, 0.717) is 10.2 Å². The number of amides is 1. The predicted octanol–water partition coefficient (Wildman–Crippen LogP) is 2.34. The molecule has 2 N–H and O–H groups in total. The highest BCUT2D eigenvalue weighted by Gasteiger charge is 2.32. The topological polar surface area (TPSA) is 91.1 Å². The van der Waals surface area contributed by atoms with Gasteiger partial charge in [-0.2, -0.15) is 5.10 Å². The van der Waals surface area contributed by atoms with E-state index in [1.54, 1.807) is 6.07 Å². The molecular weight excluding hydrogens is 429 g/mol. The minimum Gasteiger partial charge on any atom is -0.481 e. The molecule has 110 valence electrons. The number of aliphatic carboxylic acids is 1. The lowest BCUT2D eigenvalue weighted by Gasteiger charge is -1.98. The van der Waals surface area contributed by atoms with Crippen LogP contribution in [0.5, 0.6) is 0 Å². The van der Waals surface area contributed by atoms with E-state index in [1.165, 1.54) is 6.21 Å². The van der Waals surface area contributed by atoms with Crippen molar-refractivity contribution in [2.24, 2.45) is 10.2 Å². The van der Waals surface area contributed by atoms with Gasteiger partial charge in [0, 0.05) is 8.59 Å². The number of carbonyl (C=O) groups excluding carboxylic acids is 1. The van der Waals surface area contributed by atoms with Crippen LogP contribution in [0.15, 0.2) is 28.4 Å². The molecular formula is C12H9ClIN3O3S. The fourth-order valence-corrected chi connectivity index (χ4v) is 3.58. The number of carboxylic acid groups (broad SMARTS) is 1. The Morgan fingerprint density at radius 2 is 2.29 bits per heavy atom. The van der Waals surface area contributed by atoms with Crippen molar-refractivity contribution < 1.29 is 14.7 Å². The van der Waals surface area contributed by atoms with E-state index >= 15 is 0 Å². The van der Waals surface area contributed by atoms with Gasteiger partial charge in [0.25, 0.3) is 0 Å². The molecule has 1 atom stereocenters. The first kappa shape index (κ1) is 16.2. The van der Waals surface area contributed by atoms with Gasteiger partial charge in [0.1, 0.15) is 5.25 Å². The molecule has 21 heavy (non-hydrogen) atoms. The summed E-state index contributed by atoms with van der Waals surface area (Å²) < 4.78 is 0.972. The largest absolute Gasteiger partial charge is 0.481 e. The summed E-state index contributed by atoms with van der Waals surface area (Å²) in [6, 6.07) is 5.43. The molecule has 0 radical (unpaired) electrons. The van der Waals surface area contributed by atoms with Crippen molar-refractivity contribution >= 4 is 69.2 Å². The van der Waals surface area contributed by atoms with Crippen molar-refractivity contribution in [3.63, 3.8) is 0 Å². The Morgan fingerprint density at radius 1 is 1.52 bits per heavy atom. The van der Waals surface area contributed by atoms with E-state index in [2.05, 4.69) is 38.1 Å². The van der Waals surface area contributed by atoms with Gasteiger partial charge in [0.15, 0.2) is 5.17 Å². The standard InChI is InChI=1S/C12H9ClIN3O3S/c13-7-1-6(2-8(14)3-7)5-15-17-12-16-11(20)9(21-12)4-10(18)19/h1-3,5,9H,4H2,(H,18,19)(H,16,17,20). The lowest BCUT2D eigenvalue weighted by atomic mass is 10.2. The molecule has 1 fully saturated rings. The highest BCUT2D eigenvalue weighted by molar-refractivity contribution is 14.1. The lowest BCUT2D eigenvalue weighted by molar-refractivity contribution is -0.138. The van der Waals surface area contributed by atoms with Crippen molar-refractivity contribution in [3.05, 3.63) is 32.4 Å². The fraction of sp³-hybridized carbons (Fsp3) is 0.167. The van der Waals surface area contributed by atoms with Crippen molar-refractivity contribution in [1.82, 2.24) is 5.32 Å². The molecule has 6 nitrogen and oxygen atoms in total. The predicted molar refractivity (Wildman–Crippen MR) is 91.0 cm³/mol. The average Bonchev–Trinajstić information content (AvgIpc) is 2.68. The van der Waals surface area contributed by atoms with Gasteiger partial charge in [-0.3, -0.25) is 9.59 Å². The first-order valence-corrected chi connectivity index (χ1v) is 8.04. The SMILES string of the molecule is O=C(O)CC1SC(=NN=Cc2cc(Cl)cc(I)c2)NC1=O. The van der Waals surface area contributed by atoms with Crippen LogP contribution in [0.1, 0.15) is 12.0 Å². The van der Waals surface area contributed by atoms with Gasteiger partial charge in [-0.15, -0.1) is 5.10 Å². The summed E-state index contributed by atoms with van der Waals surface area (Å²) in [5.74, 6) is -1.39. The molecule has 9 heteroatoms. The minimum atomic E-state index is -1.03. The summed E-state index contributed by atoms with van der Waals surface area (Å²) in [5.41, 5.74) is 0.785. The van der Waals surface area contributed by atoms with Crippen LogP contribution in [0.3, 0.4) is 0 Å². The van der Waals surface area contributed by atoms with Crippen LogP contribution in [0.25, 0.3) is 0 Å². The minimum absolute atomic E-state index is 0.244. The van der Waals surface area contributed by atoms with E-state index in [-0.39, 0.29) is 12.3 Å². The number of hydrogen-bond donors (Lipinski definition) is 2. The number of carbonyl (C=O) groups is 2. The third-order valence-corrected chi connectivity index (χ3v) is 4.29. The first-order valence-electron chi connectivity index (χ1n) is 5.70. The Labute approximate surface area is 143 Å². The molecule has 0 aromatic heterocycles. The molecule has 0 aliphatic carbocycles. The molecule has 0 spiro atoms. The molecule has 1 heterocycles. The smallest absolute Gasteiger partial charge is 0.305 e. The Bertz CT molecular complexity index is 630. The normalized spacial score (nSPS) is 20.2. The number of nitrogens with zero attached hydrogens (tertiary/aromatic N) is 2. The van der Waals surface area contributed by atoms with Gasteiger partial charge < -0.3 is 10.4 Å². The summed E-state index contributed by atoms with van der Waals surface area (Å²) in [6.45, 7) is 0. The van der Waals surface area contributed by atoms with E-state index in [1.807, 2.05) is 12.1 Å². The van der Waals surface area contributed by atoms with E-state index in [0.717, 1.165) is 20.9 Å². The van der Waals surface area contributed by atoms with Gasteiger partial charge in [-0.25, -0.2) is 0 Å². The number of amidine groups is 1. The van der Waals surface area contributed by atoms with Crippen LogP contribution in [-0.2, 0) is 9.59 Å². The Balaban J connectivity index is 2.03. The van der Waals surface area contributed by atoms with Crippen LogP contribution in [0, 0.1) is 3.57 Å². The number of halogens is 2. The monoisotopic (exact) mass is 437 g/mol. The molecule has 0 saturated carbocycles. The van der Waals surface area contributed by atoms with Crippen LogP contribution < -0.4 is 5.32 Å². The molecule has 1 aromatic rings. The van der Waals surface area contributed by atoms with Gasteiger partial charge >= 0.3 is 5.97 Å². The molecule has 2 rings (SSSR count). The van der Waals surface area contributed by atoms with Crippen molar-refractivity contribution in [2.75, 3.05) is 0 Å².